The molecule has 4 heteroatoms. The molecule has 6 aromatic carbocycles. The van der Waals surface area contributed by atoms with Crippen LogP contribution in [0.15, 0.2) is 164 Å². The molecule has 0 aliphatic carbocycles. The normalized spacial score (nSPS) is 20.1. The van der Waals surface area contributed by atoms with E-state index in [1.165, 1.54) is 16.5 Å². The number of para-hydroxylation sites is 1. The Labute approximate surface area is 341 Å². The van der Waals surface area contributed by atoms with Gasteiger partial charge in [-0.05, 0) is 74.5 Å². The molecule has 0 spiro atoms. The van der Waals surface area contributed by atoms with Crippen LogP contribution >= 0.6 is 0 Å². The highest BCUT2D eigenvalue weighted by Crippen LogP contribution is 2.61. The van der Waals surface area contributed by atoms with Crippen LogP contribution in [0.2, 0.25) is 0 Å². The molecule has 4 nitrogen and oxygen atoms in total. The first-order valence-electron chi connectivity index (χ1n) is 21.6. The summed E-state index contributed by atoms with van der Waals surface area (Å²) in [6.07, 6.45) is 1.93. The lowest BCUT2D eigenvalue weighted by Crippen LogP contribution is -2.68. The Morgan fingerprint density at radius 1 is 0.544 bits per heavy atom. The summed E-state index contributed by atoms with van der Waals surface area (Å²) in [5.41, 5.74) is 11.1. The van der Waals surface area contributed by atoms with E-state index >= 15 is 0 Å². The van der Waals surface area contributed by atoms with E-state index in [1.807, 2.05) is 12.9 Å². The van der Waals surface area contributed by atoms with E-state index in [0.29, 0.717) is 11.2 Å². The predicted octanol–water partition coefficient (Wildman–Crippen LogP) is 12.8. The highest BCUT2D eigenvalue weighted by atomic mass is 15.7. The van der Waals surface area contributed by atoms with Crippen LogP contribution in [0, 0.1) is 6.67 Å². The number of nitrogens with zero attached hydrogens (tertiary/aromatic N) is 4. The van der Waals surface area contributed by atoms with E-state index in [2.05, 4.69) is 204 Å². The summed E-state index contributed by atoms with van der Waals surface area (Å²) in [6, 6.07) is 57.0. The van der Waals surface area contributed by atoms with Crippen LogP contribution in [-0.4, -0.2) is 23.2 Å². The summed E-state index contributed by atoms with van der Waals surface area (Å²) >= 11 is 0. The molecule has 0 N–H and O–H groups in total. The number of pyridine rings is 1. The van der Waals surface area contributed by atoms with Crippen LogP contribution in [0.3, 0.4) is 0 Å². The van der Waals surface area contributed by atoms with Gasteiger partial charge in [-0.15, -0.1) is 0 Å². The number of benzene rings is 6. The van der Waals surface area contributed by atoms with Crippen molar-refractivity contribution < 1.29 is 4.11 Å². The molecule has 1 saturated heterocycles. The van der Waals surface area contributed by atoms with Gasteiger partial charge in [-0.3, -0.25) is 9.05 Å². The highest BCUT2D eigenvalue weighted by Gasteiger charge is 2.60. The van der Waals surface area contributed by atoms with Crippen LogP contribution in [0.25, 0.3) is 27.6 Å². The van der Waals surface area contributed by atoms with Gasteiger partial charge >= 0.3 is 0 Å². The Bertz CT molecular complexity index is 2910. The zero-order valence-corrected chi connectivity index (χ0v) is 33.7. The van der Waals surface area contributed by atoms with Gasteiger partial charge in [0.1, 0.15) is 11.5 Å². The monoisotopic (exact) mass is 746 g/mol. The van der Waals surface area contributed by atoms with Gasteiger partial charge in [0.25, 0.3) is 0 Å². The summed E-state index contributed by atoms with van der Waals surface area (Å²) in [6.45, 7) is 13.6. The second kappa shape index (κ2) is 12.3. The number of quaternary nitrogens is 2. The second-order valence-electron chi connectivity index (χ2n) is 18.2. The molecule has 3 aliphatic heterocycles. The Kier molecular flexibility index (Phi) is 6.99. The van der Waals surface area contributed by atoms with Crippen molar-refractivity contribution in [3.05, 3.63) is 204 Å². The third-order valence-electron chi connectivity index (χ3n) is 12.6. The average molecular weight is 747 g/mol. The van der Waals surface area contributed by atoms with Crippen molar-refractivity contribution in [1.82, 2.24) is 18.5 Å². The van der Waals surface area contributed by atoms with Gasteiger partial charge < -0.3 is 4.48 Å². The fourth-order valence-electron chi connectivity index (χ4n) is 9.70. The Balaban J connectivity index is 1.26. The SMILES string of the molecule is [2H]C([2H])([2H])[N@+]12[CH-][N@+](c3cccc(C(c4ccccc4)(c4ccccc4)c4ccc5c6ccccc6n(-c6cc(C(C)(C)C)ccn6)c5c4)c3)(C1)c1cc(C(C)(C)C)ccc12. The van der Waals surface area contributed by atoms with Crippen LogP contribution in [-0.2, 0) is 16.2 Å². The summed E-state index contributed by atoms with van der Waals surface area (Å²) in [7, 11) is 0. The molecule has 11 rings (SSSR count). The van der Waals surface area contributed by atoms with Crippen LogP contribution in [0.4, 0.5) is 17.1 Å². The molecule has 0 saturated carbocycles. The third kappa shape index (κ3) is 5.24. The number of hydrogen-bond donors (Lipinski definition) is 0. The van der Waals surface area contributed by atoms with Gasteiger partial charge in [-0.2, -0.15) is 0 Å². The molecule has 8 aromatic rings. The smallest absolute Gasteiger partial charge is 0.181 e. The summed E-state index contributed by atoms with van der Waals surface area (Å²) in [4.78, 5) is 5.01. The van der Waals surface area contributed by atoms with Crippen molar-refractivity contribution in [2.45, 2.75) is 57.8 Å². The van der Waals surface area contributed by atoms with Crippen LogP contribution in [0.5, 0.6) is 0 Å². The fourth-order valence-corrected chi connectivity index (χ4v) is 9.70. The molecule has 57 heavy (non-hydrogen) atoms. The van der Waals surface area contributed by atoms with Gasteiger partial charge in [0, 0.05) is 35.2 Å². The second-order valence-corrected chi connectivity index (χ2v) is 18.2. The maximum Gasteiger partial charge on any atom is 0.181 e. The van der Waals surface area contributed by atoms with Gasteiger partial charge in [0.2, 0.25) is 0 Å². The molecule has 0 amide bonds. The molecular weight excluding hydrogens is 693 g/mol. The van der Waals surface area contributed by atoms with Gasteiger partial charge in [-0.1, -0.05) is 151 Å². The summed E-state index contributed by atoms with van der Waals surface area (Å²) in [5, 5.41) is 2.34. The van der Waals surface area contributed by atoms with Crippen molar-refractivity contribution in [2.24, 2.45) is 0 Å². The fraction of sp³-hybridized carbons (Fsp3) is 0.208. The predicted molar refractivity (Wildman–Crippen MR) is 239 cm³/mol. The van der Waals surface area contributed by atoms with Crippen molar-refractivity contribution in [1.29, 1.82) is 0 Å². The van der Waals surface area contributed by atoms with Crippen LogP contribution in [0.1, 0.15) is 79.0 Å². The van der Waals surface area contributed by atoms with E-state index < -0.39 is 12.4 Å². The Morgan fingerprint density at radius 3 is 1.82 bits per heavy atom. The lowest BCUT2D eigenvalue weighted by molar-refractivity contribution is 0.157. The molecule has 282 valence electrons. The van der Waals surface area contributed by atoms with E-state index in [-0.39, 0.29) is 15.3 Å². The summed E-state index contributed by atoms with van der Waals surface area (Å²) in [5.74, 6) is 0.889. The molecule has 2 atom stereocenters. The maximum absolute atomic E-state index is 8.78. The van der Waals surface area contributed by atoms with Crippen LogP contribution < -0.4 is 8.97 Å². The first kappa shape index (κ1) is 32.3. The third-order valence-corrected chi connectivity index (χ3v) is 12.6. The largest absolute Gasteiger partial charge is 0.325 e. The van der Waals surface area contributed by atoms with E-state index in [4.69, 9.17) is 9.10 Å². The number of aromatic nitrogens is 2. The Morgan fingerprint density at radius 2 is 1.14 bits per heavy atom. The van der Waals surface area contributed by atoms with Crippen molar-refractivity contribution in [2.75, 3.05) is 13.6 Å². The topological polar surface area (TPSA) is 17.8 Å². The average Bonchev–Trinajstić information content (AvgIpc) is 3.83. The molecule has 0 radical (unpaired) electrons. The van der Waals surface area contributed by atoms with E-state index in [0.717, 1.165) is 61.6 Å². The maximum atomic E-state index is 8.78. The zero-order chi connectivity index (χ0) is 41.9. The standard InChI is InChI=1S/C53H51N4/c1-51(2,3)39-26-28-48-49(33-39)57(35-56(48,7)36-57)43-22-16-21-41(31-43)53(37-17-10-8-11-18-37,38-19-12-9-13-20-38)42-25-27-45-44-23-14-15-24-46(44)55(47(45)32-42)50-34-40(29-30-54-50)52(4,5)6/h8-35H,36H2,1-7H3/q+1/t56-,57+/m0/s1/i7D3. The summed E-state index contributed by atoms with van der Waals surface area (Å²) < 4.78 is 28.9. The van der Waals surface area contributed by atoms with Gasteiger partial charge in [-0.25, -0.2) is 4.98 Å². The first-order chi connectivity index (χ1) is 28.6. The lowest BCUT2D eigenvalue weighted by atomic mass is 9.65. The Hall–Kier alpha value is -5.81. The molecule has 2 aromatic heterocycles. The number of fused-ring (bicyclic) bond motifs is 3. The van der Waals surface area contributed by atoms with Gasteiger partial charge in [0.05, 0.1) is 34.2 Å². The zero-order valence-electron chi connectivity index (χ0n) is 36.7. The number of hydrogen-bond acceptors (Lipinski definition) is 1. The van der Waals surface area contributed by atoms with Crippen molar-refractivity contribution in [3.8, 4) is 5.82 Å². The lowest BCUT2D eigenvalue weighted by Gasteiger charge is -2.55. The van der Waals surface area contributed by atoms with Gasteiger partial charge in [0.15, 0.2) is 18.0 Å². The van der Waals surface area contributed by atoms with Crippen molar-refractivity contribution in [3.63, 3.8) is 0 Å². The minimum Gasteiger partial charge on any atom is -0.325 e. The minimum atomic E-state index is -2.24. The quantitative estimate of drug-likeness (QED) is 0.0941. The first-order valence-corrected chi connectivity index (χ1v) is 20.1. The molecule has 2 bridgehead atoms. The minimum absolute atomic E-state index is 0.0472. The molecule has 0 unspecified atom stereocenters. The number of rotatable bonds is 6. The molecular formula is C53H51N4+. The van der Waals surface area contributed by atoms with E-state index in [9.17, 15) is 0 Å². The molecule has 5 heterocycles. The highest BCUT2D eigenvalue weighted by molar-refractivity contribution is 6.09. The molecule has 3 aliphatic rings. The molecule has 1 fully saturated rings. The van der Waals surface area contributed by atoms with Crippen molar-refractivity contribution >= 4 is 38.9 Å². The van der Waals surface area contributed by atoms with E-state index in [1.54, 1.807) is 0 Å².